The quantitative estimate of drug-likeness (QED) is 0.615. The predicted octanol–water partition coefficient (Wildman–Crippen LogP) is 1.51. The van der Waals surface area contributed by atoms with Crippen molar-refractivity contribution in [1.82, 2.24) is 4.90 Å². The Morgan fingerprint density at radius 3 is 2.73 bits per heavy atom. The minimum Gasteiger partial charge on any atom is -0.380 e. The molecule has 1 saturated heterocycles. The number of hydrogen-bond acceptors (Lipinski definition) is 2. The first-order valence-corrected chi connectivity index (χ1v) is 4.54. The Labute approximate surface area is 69.5 Å². The van der Waals surface area contributed by atoms with Crippen molar-refractivity contribution in [1.29, 1.82) is 0 Å². The zero-order chi connectivity index (χ0) is 8.27. The van der Waals surface area contributed by atoms with Crippen LogP contribution in [0.25, 0.3) is 0 Å². The minimum atomic E-state index is 0.483. The molecule has 0 aliphatic carbocycles. The molecule has 0 aromatic rings. The van der Waals surface area contributed by atoms with Crippen molar-refractivity contribution >= 4 is 0 Å². The third-order valence-corrected chi connectivity index (χ3v) is 2.51. The van der Waals surface area contributed by atoms with E-state index in [1.807, 2.05) is 7.11 Å². The topological polar surface area (TPSA) is 12.5 Å². The summed E-state index contributed by atoms with van der Waals surface area (Å²) in [5.41, 5.74) is 0. The predicted molar refractivity (Wildman–Crippen MR) is 46.7 cm³/mol. The Bertz CT molecular complexity index is 116. The Morgan fingerprint density at radius 2 is 2.27 bits per heavy atom. The fourth-order valence-corrected chi connectivity index (χ4v) is 1.82. The van der Waals surface area contributed by atoms with Crippen LogP contribution in [0, 0.1) is 0 Å². The van der Waals surface area contributed by atoms with Crippen LogP contribution in [-0.4, -0.2) is 37.2 Å². The molecule has 0 amide bonds. The Hall–Kier alpha value is -0.0800. The molecule has 0 spiro atoms. The average Bonchev–Trinajstić information content (AvgIpc) is 2.33. The van der Waals surface area contributed by atoms with Crippen LogP contribution in [0.2, 0.25) is 0 Å². The lowest BCUT2D eigenvalue weighted by molar-refractivity contribution is 0.108. The summed E-state index contributed by atoms with van der Waals surface area (Å²) in [6, 6.07) is 0.722. The van der Waals surface area contributed by atoms with Gasteiger partial charge in [0.2, 0.25) is 0 Å². The van der Waals surface area contributed by atoms with Crippen LogP contribution in [-0.2, 0) is 4.74 Å². The summed E-state index contributed by atoms with van der Waals surface area (Å²) in [5, 5.41) is 0. The SMILES string of the molecule is CCCN1CC(OC)CC1C. The molecule has 2 nitrogen and oxygen atoms in total. The van der Waals surface area contributed by atoms with E-state index in [0.717, 1.165) is 12.6 Å². The van der Waals surface area contributed by atoms with E-state index in [-0.39, 0.29) is 0 Å². The highest BCUT2D eigenvalue weighted by Gasteiger charge is 2.27. The van der Waals surface area contributed by atoms with Crippen LogP contribution in [0.5, 0.6) is 0 Å². The van der Waals surface area contributed by atoms with Crippen LogP contribution in [0.1, 0.15) is 26.7 Å². The summed E-state index contributed by atoms with van der Waals surface area (Å²) in [5.74, 6) is 0. The molecule has 1 heterocycles. The molecule has 1 aliphatic heterocycles. The summed E-state index contributed by atoms with van der Waals surface area (Å²) in [6.07, 6.45) is 2.94. The standard InChI is InChI=1S/C9H19NO/c1-4-5-10-7-9(11-3)6-8(10)2/h8-9H,4-7H2,1-3H3. The van der Waals surface area contributed by atoms with Gasteiger partial charge in [-0.2, -0.15) is 0 Å². The number of methoxy groups -OCH3 is 1. The van der Waals surface area contributed by atoms with E-state index in [4.69, 9.17) is 4.74 Å². The summed E-state index contributed by atoms with van der Waals surface area (Å²) in [7, 11) is 1.81. The van der Waals surface area contributed by atoms with Crippen LogP contribution in [0.15, 0.2) is 0 Å². The van der Waals surface area contributed by atoms with Gasteiger partial charge in [-0.25, -0.2) is 0 Å². The second kappa shape index (κ2) is 4.07. The van der Waals surface area contributed by atoms with E-state index in [2.05, 4.69) is 18.7 Å². The molecule has 1 fully saturated rings. The zero-order valence-electron chi connectivity index (χ0n) is 7.84. The Kier molecular flexibility index (Phi) is 3.34. The molecule has 0 aromatic carbocycles. The molecule has 0 saturated carbocycles. The highest BCUT2D eigenvalue weighted by molar-refractivity contribution is 4.82. The fraction of sp³-hybridized carbons (Fsp3) is 1.00. The molecule has 1 aliphatic rings. The maximum atomic E-state index is 5.32. The molecule has 2 unspecified atom stereocenters. The maximum absolute atomic E-state index is 5.32. The van der Waals surface area contributed by atoms with Gasteiger partial charge in [0.15, 0.2) is 0 Å². The largest absolute Gasteiger partial charge is 0.380 e. The van der Waals surface area contributed by atoms with E-state index in [1.54, 1.807) is 0 Å². The lowest BCUT2D eigenvalue weighted by atomic mass is 10.2. The second-order valence-corrected chi connectivity index (χ2v) is 3.44. The first-order valence-electron chi connectivity index (χ1n) is 4.54. The summed E-state index contributed by atoms with van der Waals surface area (Å²) >= 11 is 0. The van der Waals surface area contributed by atoms with Crippen LogP contribution in [0.3, 0.4) is 0 Å². The summed E-state index contributed by atoms with van der Waals surface area (Å²) in [4.78, 5) is 2.51. The van der Waals surface area contributed by atoms with Crippen LogP contribution < -0.4 is 0 Å². The fourth-order valence-electron chi connectivity index (χ4n) is 1.82. The van der Waals surface area contributed by atoms with Gasteiger partial charge >= 0.3 is 0 Å². The normalized spacial score (nSPS) is 33.0. The second-order valence-electron chi connectivity index (χ2n) is 3.44. The molecular weight excluding hydrogens is 138 g/mol. The third-order valence-electron chi connectivity index (χ3n) is 2.51. The van der Waals surface area contributed by atoms with Gasteiger partial charge in [0, 0.05) is 19.7 Å². The monoisotopic (exact) mass is 157 g/mol. The van der Waals surface area contributed by atoms with E-state index in [0.29, 0.717) is 6.10 Å². The molecule has 0 bridgehead atoms. The van der Waals surface area contributed by atoms with E-state index in [1.165, 1.54) is 19.4 Å². The van der Waals surface area contributed by atoms with Gasteiger partial charge in [-0.15, -0.1) is 0 Å². The Balaban J connectivity index is 2.32. The molecule has 0 N–H and O–H groups in total. The highest BCUT2D eigenvalue weighted by atomic mass is 16.5. The van der Waals surface area contributed by atoms with Crippen molar-refractivity contribution in [2.24, 2.45) is 0 Å². The van der Waals surface area contributed by atoms with Gasteiger partial charge in [0.1, 0.15) is 0 Å². The average molecular weight is 157 g/mol. The molecule has 11 heavy (non-hydrogen) atoms. The molecule has 2 atom stereocenters. The van der Waals surface area contributed by atoms with Gasteiger partial charge in [0.25, 0.3) is 0 Å². The van der Waals surface area contributed by atoms with Crippen LogP contribution in [0.4, 0.5) is 0 Å². The van der Waals surface area contributed by atoms with Gasteiger partial charge in [-0.05, 0) is 26.3 Å². The molecule has 2 heteroatoms. The summed E-state index contributed by atoms with van der Waals surface area (Å²) in [6.45, 7) is 6.87. The number of nitrogens with zero attached hydrogens (tertiary/aromatic N) is 1. The van der Waals surface area contributed by atoms with E-state index < -0.39 is 0 Å². The third kappa shape index (κ3) is 2.17. The van der Waals surface area contributed by atoms with Gasteiger partial charge in [-0.1, -0.05) is 6.92 Å². The van der Waals surface area contributed by atoms with E-state index >= 15 is 0 Å². The maximum Gasteiger partial charge on any atom is 0.0713 e. The molecule has 1 rings (SSSR count). The lowest BCUT2D eigenvalue weighted by Gasteiger charge is -2.19. The van der Waals surface area contributed by atoms with E-state index in [9.17, 15) is 0 Å². The molecule has 0 radical (unpaired) electrons. The van der Waals surface area contributed by atoms with Crippen molar-refractivity contribution in [3.05, 3.63) is 0 Å². The minimum absolute atomic E-state index is 0.483. The molecule has 66 valence electrons. The first kappa shape index (κ1) is 9.01. The highest BCUT2D eigenvalue weighted by Crippen LogP contribution is 2.18. The van der Waals surface area contributed by atoms with Gasteiger partial charge < -0.3 is 4.74 Å². The van der Waals surface area contributed by atoms with Crippen molar-refractivity contribution < 1.29 is 4.74 Å². The van der Waals surface area contributed by atoms with Crippen molar-refractivity contribution in [2.75, 3.05) is 20.2 Å². The van der Waals surface area contributed by atoms with Crippen molar-refractivity contribution in [3.63, 3.8) is 0 Å². The number of ether oxygens (including phenoxy) is 1. The Morgan fingerprint density at radius 1 is 1.55 bits per heavy atom. The van der Waals surface area contributed by atoms with Gasteiger partial charge in [0.05, 0.1) is 6.10 Å². The number of hydrogen-bond donors (Lipinski definition) is 0. The summed E-state index contributed by atoms with van der Waals surface area (Å²) < 4.78 is 5.32. The zero-order valence-corrected chi connectivity index (χ0v) is 7.84. The first-order chi connectivity index (χ1) is 5.27. The lowest BCUT2D eigenvalue weighted by Crippen LogP contribution is -2.28. The smallest absolute Gasteiger partial charge is 0.0713 e. The van der Waals surface area contributed by atoms with Crippen LogP contribution >= 0.6 is 0 Å². The molecular formula is C9H19NO. The van der Waals surface area contributed by atoms with Crippen molar-refractivity contribution in [3.8, 4) is 0 Å². The number of rotatable bonds is 3. The molecule has 0 aromatic heterocycles. The number of likely N-dealkylation sites (tertiary alicyclic amines) is 1. The van der Waals surface area contributed by atoms with Gasteiger partial charge in [-0.3, -0.25) is 4.90 Å². The van der Waals surface area contributed by atoms with Crippen molar-refractivity contribution in [2.45, 2.75) is 38.8 Å².